The zero-order valence-corrected chi connectivity index (χ0v) is 17.7. The van der Waals surface area contributed by atoms with Gasteiger partial charge in [-0.2, -0.15) is 0 Å². The standard InChI is InChI=1S/C26H26N2O3/c1-17-8-9-21(26(30)27-22-12-13-22)16-24(17)28-25(29)18(2)31-23-14-10-20(11-15-23)19-6-4-3-5-7-19/h3-11,14-16,18,22H,12-13H2,1-2H3,(H,27,30)(H,28,29). The Balaban J connectivity index is 1.38. The summed E-state index contributed by atoms with van der Waals surface area (Å²) in [5, 5.41) is 5.85. The highest BCUT2D eigenvalue weighted by Crippen LogP contribution is 2.24. The molecule has 0 bridgehead atoms. The van der Waals surface area contributed by atoms with Crippen molar-refractivity contribution in [2.24, 2.45) is 0 Å². The molecule has 0 spiro atoms. The Hall–Kier alpha value is -3.60. The quantitative estimate of drug-likeness (QED) is 0.574. The highest BCUT2D eigenvalue weighted by Gasteiger charge is 2.24. The molecule has 1 saturated carbocycles. The van der Waals surface area contributed by atoms with Crippen molar-refractivity contribution < 1.29 is 14.3 Å². The first-order valence-electron chi connectivity index (χ1n) is 10.5. The maximum atomic E-state index is 12.7. The highest BCUT2D eigenvalue weighted by atomic mass is 16.5. The Kier molecular flexibility index (Phi) is 6.03. The second kappa shape index (κ2) is 9.04. The molecule has 158 valence electrons. The Labute approximate surface area is 182 Å². The van der Waals surface area contributed by atoms with E-state index in [1.54, 1.807) is 19.1 Å². The zero-order valence-electron chi connectivity index (χ0n) is 17.7. The number of anilines is 1. The Bertz CT molecular complexity index is 1070. The van der Waals surface area contributed by atoms with Gasteiger partial charge in [0.1, 0.15) is 5.75 Å². The number of hydrogen-bond acceptors (Lipinski definition) is 3. The van der Waals surface area contributed by atoms with E-state index in [2.05, 4.69) is 10.6 Å². The maximum Gasteiger partial charge on any atom is 0.265 e. The molecule has 0 heterocycles. The van der Waals surface area contributed by atoms with Gasteiger partial charge in [-0.25, -0.2) is 0 Å². The van der Waals surface area contributed by atoms with Gasteiger partial charge < -0.3 is 15.4 Å². The predicted octanol–water partition coefficient (Wildman–Crippen LogP) is 4.96. The van der Waals surface area contributed by atoms with Crippen molar-refractivity contribution in [3.05, 3.63) is 83.9 Å². The molecule has 2 amide bonds. The largest absolute Gasteiger partial charge is 0.481 e. The summed E-state index contributed by atoms with van der Waals surface area (Å²) in [5.74, 6) is 0.243. The van der Waals surface area contributed by atoms with E-state index in [1.807, 2.05) is 67.6 Å². The number of carbonyl (C=O) groups excluding carboxylic acids is 2. The molecule has 0 aliphatic heterocycles. The van der Waals surface area contributed by atoms with Crippen LogP contribution in [0.1, 0.15) is 35.7 Å². The van der Waals surface area contributed by atoms with E-state index in [0.29, 0.717) is 17.0 Å². The third-order valence-corrected chi connectivity index (χ3v) is 5.31. The van der Waals surface area contributed by atoms with Crippen LogP contribution in [0.25, 0.3) is 11.1 Å². The van der Waals surface area contributed by atoms with Gasteiger partial charge in [-0.05, 0) is 67.6 Å². The monoisotopic (exact) mass is 414 g/mol. The van der Waals surface area contributed by atoms with Gasteiger partial charge in [0.15, 0.2) is 6.10 Å². The minimum absolute atomic E-state index is 0.110. The first-order valence-corrected chi connectivity index (χ1v) is 10.5. The highest BCUT2D eigenvalue weighted by molar-refractivity contribution is 5.99. The van der Waals surface area contributed by atoms with Crippen LogP contribution in [0.2, 0.25) is 0 Å². The van der Waals surface area contributed by atoms with Gasteiger partial charge in [0.25, 0.3) is 11.8 Å². The third kappa shape index (κ3) is 5.31. The van der Waals surface area contributed by atoms with Crippen molar-refractivity contribution in [1.82, 2.24) is 5.32 Å². The summed E-state index contributed by atoms with van der Waals surface area (Å²) in [7, 11) is 0. The average Bonchev–Trinajstić information content (AvgIpc) is 3.60. The van der Waals surface area contributed by atoms with Gasteiger partial charge in [-0.1, -0.05) is 48.5 Å². The second-order valence-electron chi connectivity index (χ2n) is 7.92. The molecule has 0 saturated heterocycles. The van der Waals surface area contributed by atoms with Crippen LogP contribution < -0.4 is 15.4 Å². The molecule has 1 unspecified atom stereocenters. The fourth-order valence-corrected chi connectivity index (χ4v) is 3.24. The van der Waals surface area contributed by atoms with Crippen molar-refractivity contribution in [2.75, 3.05) is 5.32 Å². The molecule has 1 aliphatic carbocycles. The fraction of sp³-hybridized carbons (Fsp3) is 0.231. The molecular formula is C26H26N2O3. The van der Waals surface area contributed by atoms with Crippen LogP contribution in [0, 0.1) is 6.92 Å². The number of hydrogen-bond donors (Lipinski definition) is 2. The summed E-state index contributed by atoms with van der Waals surface area (Å²) in [6, 6.07) is 23.4. The number of ether oxygens (including phenoxy) is 1. The molecule has 4 rings (SSSR count). The lowest BCUT2D eigenvalue weighted by molar-refractivity contribution is -0.122. The van der Waals surface area contributed by atoms with Gasteiger partial charge in [-0.3, -0.25) is 9.59 Å². The average molecular weight is 415 g/mol. The van der Waals surface area contributed by atoms with Gasteiger partial charge in [0.05, 0.1) is 0 Å². The molecule has 1 aliphatic rings. The number of nitrogens with one attached hydrogen (secondary N) is 2. The van der Waals surface area contributed by atoms with E-state index in [4.69, 9.17) is 4.74 Å². The summed E-state index contributed by atoms with van der Waals surface area (Å²) in [6.45, 7) is 3.60. The molecule has 1 atom stereocenters. The predicted molar refractivity (Wildman–Crippen MR) is 122 cm³/mol. The van der Waals surface area contributed by atoms with E-state index in [9.17, 15) is 9.59 Å². The first-order chi connectivity index (χ1) is 15.0. The van der Waals surface area contributed by atoms with Crippen LogP contribution in [0.15, 0.2) is 72.8 Å². The fourth-order valence-electron chi connectivity index (χ4n) is 3.24. The molecule has 31 heavy (non-hydrogen) atoms. The Morgan fingerprint density at radius 2 is 1.61 bits per heavy atom. The lowest BCUT2D eigenvalue weighted by Gasteiger charge is -2.17. The number of rotatable bonds is 7. The van der Waals surface area contributed by atoms with Crippen LogP contribution in [0.4, 0.5) is 5.69 Å². The topological polar surface area (TPSA) is 67.4 Å². The van der Waals surface area contributed by atoms with E-state index in [0.717, 1.165) is 29.5 Å². The Morgan fingerprint density at radius 3 is 2.29 bits per heavy atom. The lowest BCUT2D eigenvalue weighted by Crippen LogP contribution is -2.30. The molecule has 5 nitrogen and oxygen atoms in total. The minimum atomic E-state index is -0.689. The minimum Gasteiger partial charge on any atom is -0.481 e. The Morgan fingerprint density at radius 1 is 0.935 bits per heavy atom. The number of aryl methyl sites for hydroxylation is 1. The van der Waals surface area contributed by atoms with Crippen LogP contribution in [-0.4, -0.2) is 24.0 Å². The summed E-state index contributed by atoms with van der Waals surface area (Å²) >= 11 is 0. The molecule has 0 radical (unpaired) electrons. The smallest absolute Gasteiger partial charge is 0.265 e. The van der Waals surface area contributed by atoms with E-state index in [-0.39, 0.29) is 17.9 Å². The third-order valence-electron chi connectivity index (χ3n) is 5.31. The summed E-state index contributed by atoms with van der Waals surface area (Å²) in [5.41, 5.74) is 4.25. The number of benzene rings is 3. The van der Waals surface area contributed by atoms with Crippen molar-refractivity contribution in [2.45, 2.75) is 38.8 Å². The van der Waals surface area contributed by atoms with Crippen LogP contribution in [0.5, 0.6) is 5.75 Å². The summed E-state index contributed by atoms with van der Waals surface area (Å²) in [4.78, 5) is 25.0. The summed E-state index contributed by atoms with van der Waals surface area (Å²) in [6.07, 6.45) is 1.37. The molecule has 3 aromatic rings. The first kappa shape index (κ1) is 20.7. The number of carbonyl (C=O) groups is 2. The van der Waals surface area contributed by atoms with Gasteiger partial charge in [0.2, 0.25) is 0 Å². The van der Waals surface area contributed by atoms with Crippen molar-refractivity contribution in [3.8, 4) is 16.9 Å². The van der Waals surface area contributed by atoms with Crippen LogP contribution in [-0.2, 0) is 4.79 Å². The van der Waals surface area contributed by atoms with E-state index in [1.165, 1.54) is 0 Å². The van der Waals surface area contributed by atoms with Gasteiger partial charge in [-0.15, -0.1) is 0 Å². The second-order valence-corrected chi connectivity index (χ2v) is 7.92. The molecule has 3 aromatic carbocycles. The van der Waals surface area contributed by atoms with Crippen molar-refractivity contribution >= 4 is 17.5 Å². The normalized spacial score (nSPS) is 13.9. The van der Waals surface area contributed by atoms with Gasteiger partial charge >= 0.3 is 0 Å². The summed E-state index contributed by atoms with van der Waals surface area (Å²) < 4.78 is 5.83. The van der Waals surface area contributed by atoms with Crippen molar-refractivity contribution in [1.29, 1.82) is 0 Å². The molecule has 0 aromatic heterocycles. The van der Waals surface area contributed by atoms with Gasteiger partial charge in [0, 0.05) is 17.3 Å². The SMILES string of the molecule is Cc1ccc(C(=O)NC2CC2)cc1NC(=O)C(C)Oc1ccc(-c2ccccc2)cc1. The molecular weight excluding hydrogens is 388 g/mol. The van der Waals surface area contributed by atoms with Crippen LogP contribution in [0.3, 0.4) is 0 Å². The van der Waals surface area contributed by atoms with E-state index >= 15 is 0 Å². The van der Waals surface area contributed by atoms with E-state index < -0.39 is 6.10 Å². The maximum absolute atomic E-state index is 12.7. The zero-order chi connectivity index (χ0) is 21.8. The lowest BCUT2D eigenvalue weighted by atomic mass is 10.1. The van der Waals surface area contributed by atoms with Crippen molar-refractivity contribution in [3.63, 3.8) is 0 Å². The van der Waals surface area contributed by atoms with Crippen LogP contribution >= 0.6 is 0 Å². The molecule has 5 heteroatoms. The number of amides is 2. The molecule has 2 N–H and O–H groups in total. The molecule has 1 fully saturated rings.